The van der Waals surface area contributed by atoms with Crippen LogP contribution in [-0.2, 0) is 11.8 Å². The van der Waals surface area contributed by atoms with Gasteiger partial charge in [-0.05, 0) is 122 Å². The number of aromatic nitrogens is 6. The molecule has 0 spiro atoms. The normalized spacial score (nSPS) is 19.4. The zero-order valence-corrected chi connectivity index (χ0v) is 39.1. The van der Waals surface area contributed by atoms with Gasteiger partial charge in [0.15, 0.2) is 5.82 Å². The molecule has 334 valence electrons. The number of hydrogen-bond donors (Lipinski definition) is 0. The van der Waals surface area contributed by atoms with Crippen LogP contribution in [0.3, 0.4) is 0 Å². The minimum absolute atomic E-state index is 0.100. The Hall–Kier alpha value is -7.83. The Morgan fingerprint density at radius 3 is 1.57 bits per heavy atom. The van der Waals surface area contributed by atoms with Crippen molar-refractivity contribution in [2.75, 3.05) is 0 Å². The maximum atomic E-state index is 5.72. The molecule has 4 aromatic heterocycles. The van der Waals surface area contributed by atoms with Crippen LogP contribution < -0.4 is 0 Å². The summed E-state index contributed by atoms with van der Waals surface area (Å²) in [5, 5.41) is 7.44. The van der Waals surface area contributed by atoms with Crippen LogP contribution >= 0.6 is 0 Å². The van der Waals surface area contributed by atoms with E-state index in [4.69, 9.17) is 15.0 Å². The van der Waals surface area contributed by atoms with Crippen LogP contribution in [0.5, 0.6) is 0 Å². The zero-order chi connectivity index (χ0) is 45.8. The number of para-hydroxylation sites is 7. The van der Waals surface area contributed by atoms with E-state index in [1.54, 1.807) is 0 Å². The second-order valence-electron chi connectivity index (χ2n) is 20.5. The topological polar surface area (TPSA) is 53.5 Å². The van der Waals surface area contributed by atoms with E-state index in [2.05, 4.69) is 216 Å². The van der Waals surface area contributed by atoms with Crippen LogP contribution in [0.2, 0.25) is 0 Å². The second-order valence-corrected chi connectivity index (χ2v) is 20.5. The van der Waals surface area contributed by atoms with Gasteiger partial charge >= 0.3 is 0 Å². The molecule has 4 heterocycles. The van der Waals surface area contributed by atoms with E-state index in [0.717, 1.165) is 70.4 Å². The first-order valence-corrected chi connectivity index (χ1v) is 24.9. The summed E-state index contributed by atoms with van der Waals surface area (Å²) in [6.07, 6.45) is 6.50. The maximum absolute atomic E-state index is 5.72. The van der Waals surface area contributed by atoms with Gasteiger partial charge in [-0.25, -0.2) is 15.0 Å². The van der Waals surface area contributed by atoms with Crippen LogP contribution in [0.1, 0.15) is 63.2 Å². The number of hydrogen-bond acceptors (Lipinski definition) is 3. The number of benzene rings is 8. The predicted octanol–water partition coefficient (Wildman–Crippen LogP) is 15.5. The second kappa shape index (κ2) is 15.6. The Balaban J connectivity index is 0.996. The first-order valence-electron chi connectivity index (χ1n) is 24.9. The molecule has 8 aromatic carbocycles. The lowest BCUT2D eigenvalue weighted by atomic mass is 9.56. The molecule has 6 nitrogen and oxygen atoms in total. The van der Waals surface area contributed by atoms with Crippen molar-refractivity contribution < 1.29 is 0 Å². The largest absolute Gasteiger partial charge is 0.309 e. The van der Waals surface area contributed by atoms with Crippen molar-refractivity contribution in [3.63, 3.8) is 0 Å². The highest BCUT2D eigenvalue weighted by molar-refractivity contribution is 6.19. The molecule has 69 heavy (non-hydrogen) atoms. The van der Waals surface area contributed by atoms with E-state index < -0.39 is 0 Å². The minimum Gasteiger partial charge on any atom is -0.309 e. The lowest BCUT2D eigenvalue weighted by Gasteiger charge is -2.49. The Bertz CT molecular complexity index is 3910. The summed E-state index contributed by atoms with van der Waals surface area (Å²) in [5.74, 6) is 4.45. The molecule has 2 aliphatic carbocycles. The predicted molar refractivity (Wildman–Crippen MR) is 284 cm³/mol. The van der Waals surface area contributed by atoms with E-state index in [-0.39, 0.29) is 5.41 Å². The zero-order valence-electron chi connectivity index (χ0n) is 39.1. The van der Waals surface area contributed by atoms with Crippen molar-refractivity contribution >= 4 is 65.4 Å². The molecule has 0 N–H and O–H groups in total. The molecule has 2 unspecified atom stereocenters. The summed E-state index contributed by atoms with van der Waals surface area (Å²) >= 11 is 0. The molecule has 2 bridgehead atoms. The fraction of sp³-hybridized carbons (Fsp3) is 0.190. The average Bonchev–Trinajstić information content (AvgIpc) is 4.01. The van der Waals surface area contributed by atoms with Gasteiger partial charge in [0.2, 0.25) is 0 Å². The van der Waals surface area contributed by atoms with Crippen molar-refractivity contribution in [2.45, 2.75) is 57.8 Å². The van der Waals surface area contributed by atoms with Crippen molar-refractivity contribution in [1.29, 1.82) is 0 Å². The van der Waals surface area contributed by atoms with E-state index in [9.17, 15) is 0 Å². The smallest absolute Gasteiger partial charge is 0.165 e. The Kier molecular flexibility index (Phi) is 9.11. The molecule has 0 aliphatic heterocycles. The standard InChI is InChI=1S/C63H52N6/c1-40-32-42-33-41(2)38-63(37-40,39-42)62-65-60(34-43-18-6-12-26-52(43)68-54-28-14-7-21-45(54)46-22-8-15-29-55(46)68)64-61(66-62)49-25-11-17-31-57(49)69-56-30-16-10-24-48(56)51-35-50-47-23-9-13-27-53(47)67(58(50)36-59(51)69)44-19-4-3-5-20-44/h3-31,35-36,40-42H,32-34,37-39H2,1-2H3/t40-,41+,42?,63?. The van der Waals surface area contributed by atoms with Crippen LogP contribution in [0.25, 0.3) is 93.9 Å². The number of fused-ring (bicyclic) bond motifs is 11. The molecular formula is C63H52N6. The third kappa shape index (κ3) is 6.34. The van der Waals surface area contributed by atoms with E-state index in [0.29, 0.717) is 24.2 Å². The lowest BCUT2D eigenvalue weighted by Crippen LogP contribution is -2.43. The average molecular weight is 893 g/mol. The molecule has 0 radical (unpaired) electrons. The quantitative estimate of drug-likeness (QED) is 0.160. The summed E-state index contributed by atoms with van der Waals surface area (Å²) in [4.78, 5) is 17.0. The van der Waals surface area contributed by atoms with Crippen molar-refractivity contribution in [3.8, 4) is 28.5 Å². The molecule has 0 amide bonds. The van der Waals surface area contributed by atoms with Crippen LogP contribution in [0.15, 0.2) is 188 Å². The van der Waals surface area contributed by atoms with Crippen molar-refractivity contribution in [1.82, 2.24) is 28.7 Å². The van der Waals surface area contributed by atoms with Gasteiger partial charge in [-0.3, -0.25) is 0 Å². The first-order chi connectivity index (χ1) is 34.0. The van der Waals surface area contributed by atoms with Crippen LogP contribution in [-0.4, -0.2) is 28.7 Å². The van der Waals surface area contributed by atoms with Crippen molar-refractivity contribution in [3.05, 3.63) is 205 Å². The highest BCUT2D eigenvalue weighted by atomic mass is 15.1. The molecule has 4 atom stereocenters. The van der Waals surface area contributed by atoms with E-state index >= 15 is 0 Å². The van der Waals surface area contributed by atoms with Gasteiger partial charge in [-0.2, -0.15) is 0 Å². The summed E-state index contributed by atoms with van der Waals surface area (Å²) in [7, 11) is 0. The summed E-state index contributed by atoms with van der Waals surface area (Å²) < 4.78 is 7.32. The van der Waals surface area contributed by atoms with Gasteiger partial charge in [0.25, 0.3) is 0 Å². The van der Waals surface area contributed by atoms with Crippen molar-refractivity contribution in [2.24, 2.45) is 17.8 Å². The van der Waals surface area contributed by atoms with Gasteiger partial charge in [0.1, 0.15) is 11.6 Å². The minimum atomic E-state index is -0.100. The third-order valence-corrected chi connectivity index (χ3v) is 15.8. The van der Waals surface area contributed by atoms with Crippen LogP contribution in [0.4, 0.5) is 0 Å². The molecule has 6 heteroatoms. The van der Waals surface area contributed by atoms with Gasteiger partial charge < -0.3 is 13.7 Å². The fourth-order valence-corrected chi connectivity index (χ4v) is 13.5. The molecule has 0 saturated heterocycles. The van der Waals surface area contributed by atoms with E-state index in [1.165, 1.54) is 72.8 Å². The van der Waals surface area contributed by atoms with Gasteiger partial charge in [0.05, 0.1) is 38.8 Å². The summed E-state index contributed by atoms with van der Waals surface area (Å²) in [6, 6.07) is 68.5. The van der Waals surface area contributed by atoms with Gasteiger partial charge in [-0.15, -0.1) is 0 Å². The van der Waals surface area contributed by atoms with Crippen LogP contribution in [0, 0.1) is 17.8 Å². The highest BCUT2D eigenvalue weighted by Crippen LogP contribution is 2.53. The Labute approximate surface area is 401 Å². The molecular weight excluding hydrogens is 841 g/mol. The Morgan fingerprint density at radius 2 is 0.928 bits per heavy atom. The molecule has 12 aromatic rings. The third-order valence-electron chi connectivity index (χ3n) is 15.8. The SMILES string of the molecule is C[C@@H]1CC2C[C@H](C)CC(c3nc(Cc4ccccc4-n4c5ccccc5c5ccccc54)nc(-c4ccccc4-n4c5ccccc5c5cc6c7ccccc7n(-c7ccccc7)c6cc54)n3)(C2)C1. The van der Waals surface area contributed by atoms with Gasteiger partial charge in [0, 0.05) is 61.1 Å². The summed E-state index contributed by atoms with van der Waals surface area (Å²) in [6.45, 7) is 4.90. The fourth-order valence-electron chi connectivity index (χ4n) is 13.5. The molecule has 14 rings (SSSR count). The summed E-state index contributed by atoms with van der Waals surface area (Å²) in [5.41, 5.74) is 12.5. The maximum Gasteiger partial charge on any atom is 0.165 e. The number of nitrogens with zero attached hydrogens (tertiary/aromatic N) is 6. The molecule has 2 fully saturated rings. The monoisotopic (exact) mass is 892 g/mol. The molecule has 2 saturated carbocycles. The lowest BCUT2D eigenvalue weighted by molar-refractivity contribution is 0.0717. The molecule has 2 aliphatic rings. The number of rotatable bonds is 7. The van der Waals surface area contributed by atoms with E-state index in [1.807, 2.05) is 0 Å². The van der Waals surface area contributed by atoms with Gasteiger partial charge in [-0.1, -0.05) is 135 Å². The first kappa shape index (κ1) is 40.3. The Morgan fingerprint density at radius 1 is 0.435 bits per heavy atom. The highest BCUT2D eigenvalue weighted by Gasteiger charge is 2.47.